The normalized spacial score (nSPS) is 10.7. The number of imidazole rings is 1. The van der Waals surface area contributed by atoms with Crippen LogP contribution in [0.25, 0.3) is 5.82 Å². The van der Waals surface area contributed by atoms with Crippen LogP contribution in [0, 0.1) is 20.8 Å². The second-order valence-corrected chi connectivity index (χ2v) is 6.38. The number of rotatable bonds is 5. The lowest BCUT2D eigenvalue weighted by Gasteiger charge is -2.09. The summed E-state index contributed by atoms with van der Waals surface area (Å²) < 4.78 is 12.6. The lowest BCUT2D eigenvalue weighted by atomic mass is 10.2. The first kappa shape index (κ1) is 18.4. The molecule has 9 heteroatoms. The van der Waals surface area contributed by atoms with E-state index in [1.165, 1.54) is 12.5 Å². The van der Waals surface area contributed by atoms with E-state index in [1.807, 2.05) is 18.4 Å². The van der Waals surface area contributed by atoms with Gasteiger partial charge >= 0.3 is 0 Å². The number of carbonyl (C=O) groups is 1. The summed E-state index contributed by atoms with van der Waals surface area (Å²) in [6, 6.07) is 8.69. The van der Waals surface area contributed by atoms with Crippen molar-refractivity contribution in [2.75, 3.05) is 5.32 Å². The van der Waals surface area contributed by atoms with Crippen molar-refractivity contribution < 1.29 is 14.1 Å². The highest BCUT2D eigenvalue weighted by Crippen LogP contribution is 2.23. The second-order valence-electron chi connectivity index (χ2n) is 6.38. The standard InChI is InChI=1S/C20H18N6O3/c1-12-13(2)26(11-23-12)18-8-19(22-10-21-18)28-16-6-4-15(5-7-16)25-20(27)17-9-24-29-14(17)3/h4-11H,1-3H3,(H,25,27). The molecule has 1 N–H and O–H groups in total. The molecule has 0 aliphatic rings. The van der Waals surface area contributed by atoms with Gasteiger partial charge in [-0.05, 0) is 45.0 Å². The maximum Gasteiger partial charge on any atom is 0.260 e. The third kappa shape index (κ3) is 3.84. The molecule has 0 aliphatic heterocycles. The Labute approximate surface area is 166 Å². The molecule has 1 amide bonds. The monoisotopic (exact) mass is 390 g/mol. The molecule has 1 aromatic carbocycles. The van der Waals surface area contributed by atoms with Gasteiger partial charge in [-0.1, -0.05) is 5.16 Å². The van der Waals surface area contributed by atoms with Crippen LogP contribution in [0.5, 0.6) is 11.6 Å². The summed E-state index contributed by atoms with van der Waals surface area (Å²) in [6.07, 6.45) is 4.54. The van der Waals surface area contributed by atoms with Crippen LogP contribution >= 0.6 is 0 Å². The zero-order valence-corrected chi connectivity index (χ0v) is 16.1. The minimum Gasteiger partial charge on any atom is -0.439 e. The average Bonchev–Trinajstić information content (AvgIpc) is 3.29. The number of aromatic nitrogens is 5. The van der Waals surface area contributed by atoms with Crippen molar-refractivity contribution in [2.24, 2.45) is 0 Å². The van der Waals surface area contributed by atoms with Gasteiger partial charge in [0.15, 0.2) is 0 Å². The Morgan fingerprint density at radius 2 is 1.90 bits per heavy atom. The number of carbonyl (C=O) groups excluding carboxylic acids is 1. The van der Waals surface area contributed by atoms with Crippen molar-refractivity contribution >= 4 is 11.6 Å². The molecular weight excluding hydrogens is 372 g/mol. The highest BCUT2D eigenvalue weighted by atomic mass is 16.5. The number of hydrogen-bond donors (Lipinski definition) is 1. The summed E-state index contributed by atoms with van der Waals surface area (Å²) in [5.74, 6) is 1.82. The van der Waals surface area contributed by atoms with Gasteiger partial charge in [0.2, 0.25) is 5.88 Å². The zero-order valence-electron chi connectivity index (χ0n) is 16.1. The molecule has 0 saturated heterocycles. The Hall–Kier alpha value is -4.01. The number of nitrogens with zero attached hydrogens (tertiary/aromatic N) is 5. The van der Waals surface area contributed by atoms with Gasteiger partial charge in [0.05, 0.1) is 11.9 Å². The molecule has 0 radical (unpaired) electrons. The highest BCUT2D eigenvalue weighted by molar-refractivity contribution is 6.04. The molecular formula is C20H18N6O3. The van der Waals surface area contributed by atoms with Gasteiger partial charge in [-0.3, -0.25) is 9.36 Å². The van der Waals surface area contributed by atoms with Crippen LogP contribution in [0.3, 0.4) is 0 Å². The largest absolute Gasteiger partial charge is 0.439 e. The molecule has 0 bridgehead atoms. The van der Waals surface area contributed by atoms with E-state index >= 15 is 0 Å². The first-order valence-corrected chi connectivity index (χ1v) is 8.85. The van der Waals surface area contributed by atoms with E-state index in [0.717, 1.165) is 11.4 Å². The molecule has 3 heterocycles. The predicted octanol–water partition coefficient (Wildman–Crippen LogP) is 3.62. The van der Waals surface area contributed by atoms with Crippen LogP contribution in [-0.2, 0) is 0 Å². The number of anilines is 1. The van der Waals surface area contributed by atoms with Crippen LogP contribution in [-0.4, -0.2) is 30.6 Å². The van der Waals surface area contributed by atoms with Crippen LogP contribution < -0.4 is 10.1 Å². The molecule has 3 aromatic heterocycles. The SMILES string of the molecule is Cc1ncn(-c2cc(Oc3ccc(NC(=O)c4cnoc4C)cc3)ncn2)c1C. The lowest BCUT2D eigenvalue weighted by molar-refractivity contribution is 0.102. The fraction of sp³-hybridized carbons (Fsp3) is 0.150. The summed E-state index contributed by atoms with van der Waals surface area (Å²) in [7, 11) is 0. The predicted molar refractivity (Wildman–Crippen MR) is 104 cm³/mol. The molecule has 4 aromatic rings. The fourth-order valence-corrected chi connectivity index (χ4v) is 2.69. The smallest absolute Gasteiger partial charge is 0.260 e. The molecule has 0 aliphatic carbocycles. The second kappa shape index (κ2) is 7.55. The van der Waals surface area contributed by atoms with E-state index in [9.17, 15) is 4.79 Å². The van der Waals surface area contributed by atoms with Crippen LogP contribution in [0.4, 0.5) is 5.69 Å². The average molecular weight is 390 g/mol. The van der Waals surface area contributed by atoms with Crippen LogP contribution in [0.1, 0.15) is 27.5 Å². The van der Waals surface area contributed by atoms with Gasteiger partial charge in [-0.25, -0.2) is 15.0 Å². The summed E-state index contributed by atoms with van der Waals surface area (Å²) in [6.45, 7) is 5.59. The molecule has 9 nitrogen and oxygen atoms in total. The van der Waals surface area contributed by atoms with Crippen molar-refractivity contribution in [3.8, 4) is 17.4 Å². The van der Waals surface area contributed by atoms with E-state index in [4.69, 9.17) is 9.26 Å². The molecule has 0 saturated carbocycles. The molecule has 4 rings (SSSR count). The van der Waals surface area contributed by atoms with E-state index in [0.29, 0.717) is 34.5 Å². The summed E-state index contributed by atoms with van der Waals surface area (Å²) in [4.78, 5) is 24.9. The van der Waals surface area contributed by atoms with Gasteiger partial charge in [-0.2, -0.15) is 0 Å². The molecule has 0 unspecified atom stereocenters. The summed E-state index contributed by atoms with van der Waals surface area (Å²) in [5, 5.41) is 6.39. The first-order valence-electron chi connectivity index (χ1n) is 8.85. The highest BCUT2D eigenvalue weighted by Gasteiger charge is 2.13. The number of benzene rings is 1. The minimum absolute atomic E-state index is 0.288. The Balaban J connectivity index is 1.47. The third-order valence-electron chi connectivity index (χ3n) is 4.46. The van der Waals surface area contributed by atoms with Gasteiger partial charge in [0, 0.05) is 17.4 Å². The summed E-state index contributed by atoms with van der Waals surface area (Å²) in [5.41, 5.74) is 2.95. The number of hydrogen-bond acceptors (Lipinski definition) is 7. The topological polar surface area (TPSA) is 108 Å². The van der Waals surface area contributed by atoms with E-state index in [2.05, 4.69) is 25.4 Å². The van der Waals surface area contributed by atoms with Gasteiger partial charge in [-0.15, -0.1) is 0 Å². The Morgan fingerprint density at radius 1 is 1.10 bits per heavy atom. The summed E-state index contributed by atoms with van der Waals surface area (Å²) >= 11 is 0. The van der Waals surface area contributed by atoms with Gasteiger partial charge in [0.25, 0.3) is 5.91 Å². The van der Waals surface area contributed by atoms with E-state index in [-0.39, 0.29) is 5.91 Å². The molecule has 146 valence electrons. The zero-order chi connectivity index (χ0) is 20.4. The van der Waals surface area contributed by atoms with Crippen LogP contribution in [0.2, 0.25) is 0 Å². The van der Waals surface area contributed by atoms with Crippen molar-refractivity contribution in [3.05, 3.63) is 71.9 Å². The van der Waals surface area contributed by atoms with Crippen molar-refractivity contribution in [3.63, 3.8) is 0 Å². The maximum absolute atomic E-state index is 12.2. The first-order chi connectivity index (χ1) is 14.0. The van der Waals surface area contributed by atoms with E-state index < -0.39 is 0 Å². The van der Waals surface area contributed by atoms with Crippen molar-refractivity contribution in [1.82, 2.24) is 24.7 Å². The van der Waals surface area contributed by atoms with Gasteiger partial charge < -0.3 is 14.6 Å². The van der Waals surface area contributed by atoms with Crippen LogP contribution in [0.15, 0.2) is 53.7 Å². The molecule has 0 spiro atoms. The fourth-order valence-electron chi connectivity index (χ4n) is 2.69. The van der Waals surface area contributed by atoms with Gasteiger partial charge in [0.1, 0.15) is 35.5 Å². The quantitative estimate of drug-likeness (QED) is 0.554. The number of ether oxygens (including phenoxy) is 1. The Morgan fingerprint density at radius 3 is 2.55 bits per heavy atom. The van der Waals surface area contributed by atoms with E-state index in [1.54, 1.807) is 43.6 Å². The Kier molecular flexibility index (Phi) is 4.78. The van der Waals surface area contributed by atoms with Crippen molar-refractivity contribution in [2.45, 2.75) is 20.8 Å². The number of amides is 1. The molecule has 0 atom stereocenters. The van der Waals surface area contributed by atoms with Crippen molar-refractivity contribution in [1.29, 1.82) is 0 Å². The third-order valence-corrected chi connectivity index (χ3v) is 4.46. The lowest BCUT2D eigenvalue weighted by Crippen LogP contribution is -2.11. The molecule has 0 fully saturated rings. The number of nitrogens with one attached hydrogen (secondary N) is 1. The number of aryl methyl sites for hydroxylation is 2. The maximum atomic E-state index is 12.2. The Bertz CT molecular complexity index is 1160. The minimum atomic E-state index is -0.288. The molecule has 29 heavy (non-hydrogen) atoms.